The van der Waals surface area contributed by atoms with Gasteiger partial charge < -0.3 is 29.1 Å². The predicted molar refractivity (Wildman–Crippen MR) is 89.8 cm³/mol. The van der Waals surface area contributed by atoms with E-state index in [1.165, 1.54) is 31.1 Å². The van der Waals surface area contributed by atoms with Gasteiger partial charge in [-0.05, 0) is 24.6 Å². The molecule has 2 atom stereocenters. The average Bonchev–Trinajstić information content (AvgIpc) is 2.63. The molecule has 0 unspecified atom stereocenters. The van der Waals surface area contributed by atoms with Crippen molar-refractivity contribution in [3.8, 4) is 17.2 Å². The summed E-state index contributed by atoms with van der Waals surface area (Å²) in [6.45, 7) is 1.37. The number of methoxy groups -OCH3 is 3. The van der Waals surface area contributed by atoms with Gasteiger partial charge >= 0.3 is 0 Å². The minimum Gasteiger partial charge on any atom is -0.493 e. The zero-order valence-corrected chi connectivity index (χ0v) is 15.1. The van der Waals surface area contributed by atoms with E-state index in [1.807, 2.05) is 0 Å². The molecule has 0 aliphatic carbocycles. The zero-order valence-electron chi connectivity index (χ0n) is 15.1. The Hall–Kier alpha value is -2.48. The Morgan fingerprint density at radius 1 is 1.04 bits per heavy atom. The number of aliphatic hydroxyl groups is 1. The van der Waals surface area contributed by atoms with Crippen molar-refractivity contribution in [3.63, 3.8) is 0 Å². The monoisotopic (exact) mass is 352 g/mol. The molecule has 138 valence electrons. The molecule has 0 spiro atoms. The van der Waals surface area contributed by atoms with E-state index in [2.05, 4.69) is 0 Å². The maximum absolute atomic E-state index is 12.6. The van der Waals surface area contributed by atoms with Crippen molar-refractivity contribution >= 4 is 11.8 Å². The number of aliphatic hydroxyl groups excluding tert-OH is 1. The van der Waals surface area contributed by atoms with E-state index < -0.39 is 18.7 Å². The van der Waals surface area contributed by atoms with Gasteiger partial charge in [-0.2, -0.15) is 0 Å². The van der Waals surface area contributed by atoms with Gasteiger partial charge in [-0.3, -0.25) is 9.59 Å². The summed E-state index contributed by atoms with van der Waals surface area (Å²) in [6.07, 6.45) is 0. The van der Waals surface area contributed by atoms with Crippen LogP contribution in [-0.2, 0) is 16.1 Å². The number of ether oxygens (including phenoxy) is 3. The highest BCUT2D eigenvalue weighted by Crippen LogP contribution is 2.38. The largest absolute Gasteiger partial charge is 0.493 e. The zero-order chi connectivity index (χ0) is 18.7. The molecule has 1 aromatic carbocycles. The van der Waals surface area contributed by atoms with Crippen LogP contribution in [0.4, 0.5) is 0 Å². The van der Waals surface area contributed by atoms with Crippen LogP contribution in [0.3, 0.4) is 0 Å². The van der Waals surface area contributed by atoms with Gasteiger partial charge in [0.15, 0.2) is 11.5 Å². The van der Waals surface area contributed by atoms with Crippen LogP contribution in [0.1, 0.15) is 12.5 Å². The summed E-state index contributed by atoms with van der Waals surface area (Å²) in [6, 6.07) is 1.94. The quantitative estimate of drug-likeness (QED) is 0.790. The standard InChI is InChI=1S/C17H24N2O6/c1-10-16(21)19(12(9-20)17(22)18(10)2)8-11-6-13(23-3)15(25-5)14(7-11)24-4/h6-7,10,12,20H,8-9H2,1-5H3/t10-,12-/m0/s1. The molecule has 0 bridgehead atoms. The van der Waals surface area contributed by atoms with E-state index in [9.17, 15) is 14.7 Å². The number of hydrogen-bond acceptors (Lipinski definition) is 6. The first-order valence-electron chi connectivity index (χ1n) is 7.86. The summed E-state index contributed by atoms with van der Waals surface area (Å²) in [5, 5.41) is 9.60. The number of piperazine rings is 1. The summed E-state index contributed by atoms with van der Waals surface area (Å²) in [4.78, 5) is 27.7. The minimum absolute atomic E-state index is 0.144. The van der Waals surface area contributed by atoms with E-state index in [0.717, 1.165) is 0 Å². The Labute approximate surface area is 146 Å². The van der Waals surface area contributed by atoms with Crippen LogP contribution < -0.4 is 14.2 Å². The predicted octanol–water partition coefficient (Wildman–Crippen LogP) is 0.262. The van der Waals surface area contributed by atoms with Crippen LogP contribution in [0.15, 0.2) is 12.1 Å². The second kappa shape index (κ2) is 7.60. The maximum Gasteiger partial charge on any atom is 0.248 e. The molecule has 1 fully saturated rings. The number of hydrogen-bond donors (Lipinski definition) is 1. The molecule has 1 saturated heterocycles. The first-order chi connectivity index (χ1) is 11.9. The van der Waals surface area contributed by atoms with E-state index in [-0.39, 0.29) is 18.4 Å². The molecule has 0 radical (unpaired) electrons. The van der Waals surface area contributed by atoms with Crippen molar-refractivity contribution in [3.05, 3.63) is 17.7 Å². The lowest BCUT2D eigenvalue weighted by molar-refractivity contribution is -0.161. The highest BCUT2D eigenvalue weighted by atomic mass is 16.5. The van der Waals surface area contributed by atoms with E-state index in [4.69, 9.17) is 14.2 Å². The molecule has 8 nitrogen and oxygen atoms in total. The van der Waals surface area contributed by atoms with Crippen LogP contribution in [0.5, 0.6) is 17.2 Å². The summed E-state index contributed by atoms with van der Waals surface area (Å²) in [5.74, 6) is 0.843. The molecule has 2 amide bonds. The third kappa shape index (κ3) is 3.34. The molecule has 0 aromatic heterocycles. The molecular weight excluding hydrogens is 328 g/mol. The van der Waals surface area contributed by atoms with Crippen LogP contribution >= 0.6 is 0 Å². The number of carbonyl (C=O) groups is 2. The molecule has 1 aliphatic rings. The number of carbonyl (C=O) groups excluding carboxylic acids is 2. The second-order valence-electron chi connectivity index (χ2n) is 5.82. The van der Waals surface area contributed by atoms with Gasteiger partial charge in [-0.15, -0.1) is 0 Å². The molecule has 2 rings (SSSR count). The lowest BCUT2D eigenvalue weighted by Gasteiger charge is -2.41. The van der Waals surface area contributed by atoms with Crippen molar-refractivity contribution in [2.45, 2.75) is 25.6 Å². The van der Waals surface area contributed by atoms with Gasteiger partial charge in [0.1, 0.15) is 12.1 Å². The third-order valence-corrected chi connectivity index (χ3v) is 4.48. The highest BCUT2D eigenvalue weighted by Gasteiger charge is 2.42. The van der Waals surface area contributed by atoms with Crippen molar-refractivity contribution in [1.82, 2.24) is 9.80 Å². The van der Waals surface area contributed by atoms with Gasteiger partial charge in [0.25, 0.3) is 0 Å². The van der Waals surface area contributed by atoms with Gasteiger partial charge in [0, 0.05) is 13.6 Å². The van der Waals surface area contributed by atoms with Gasteiger partial charge in [0.05, 0.1) is 27.9 Å². The SMILES string of the molecule is COc1cc(CN2C(=O)[C@H](C)N(C)C(=O)[C@@H]2CO)cc(OC)c1OC. The van der Waals surface area contributed by atoms with E-state index in [0.29, 0.717) is 22.8 Å². The smallest absolute Gasteiger partial charge is 0.248 e. The Kier molecular flexibility index (Phi) is 5.73. The Balaban J connectivity index is 2.39. The average molecular weight is 352 g/mol. The molecule has 1 aromatic rings. The summed E-state index contributed by atoms with van der Waals surface area (Å²) >= 11 is 0. The number of benzene rings is 1. The fourth-order valence-electron chi connectivity index (χ4n) is 2.91. The summed E-state index contributed by atoms with van der Waals surface area (Å²) < 4.78 is 15.9. The molecule has 1 heterocycles. The van der Waals surface area contributed by atoms with Crippen molar-refractivity contribution < 1.29 is 28.9 Å². The van der Waals surface area contributed by atoms with Crippen LogP contribution in [-0.4, -0.2) is 73.8 Å². The van der Waals surface area contributed by atoms with Gasteiger partial charge in [0.2, 0.25) is 17.6 Å². The lowest BCUT2D eigenvalue weighted by atomic mass is 10.0. The first-order valence-corrected chi connectivity index (χ1v) is 7.86. The third-order valence-electron chi connectivity index (χ3n) is 4.48. The van der Waals surface area contributed by atoms with E-state index in [1.54, 1.807) is 26.1 Å². The highest BCUT2D eigenvalue weighted by molar-refractivity contribution is 5.96. The van der Waals surface area contributed by atoms with Crippen molar-refractivity contribution in [2.24, 2.45) is 0 Å². The fraction of sp³-hybridized carbons (Fsp3) is 0.529. The Bertz CT molecular complexity index is 638. The second-order valence-corrected chi connectivity index (χ2v) is 5.82. The first kappa shape index (κ1) is 18.9. The lowest BCUT2D eigenvalue weighted by Crippen LogP contribution is -2.63. The van der Waals surface area contributed by atoms with Gasteiger partial charge in [-0.25, -0.2) is 0 Å². The number of nitrogens with zero attached hydrogens (tertiary/aromatic N) is 2. The molecule has 8 heteroatoms. The fourth-order valence-corrected chi connectivity index (χ4v) is 2.91. The van der Waals surface area contributed by atoms with Crippen molar-refractivity contribution in [1.29, 1.82) is 0 Å². The minimum atomic E-state index is -0.909. The maximum atomic E-state index is 12.6. The summed E-state index contributed by atoms with van der Waals surface area (Å²) in [7, 11) is 6.07. The molecule has 25 heavy (non-hydrogen) atoms. The number of amides is 2. The molecular formula is C17H24N2O6. The topological polar surface area (TPSA) is 88.5 Å². The summed E-state index contributed by atoms with van der Waals surface area (Å²) in [5.41, 5.74) is 0.700. The Morgan fingerprint density at radius 2 is 1.60 bits per heavy atom. The van der Waals surface area contributed by atoms with E-state index >= 15 is 0 Å². The number of likely N-dealkylation sites (N-methyl/N-ethyl adjacent to an activating group) is 1. The van der Waals surface area contributed by atoms with Crippen LogP contribution in [0.25, 0.3) is 0 Å². The van der Waals surface area contributed by atoms with Crippen LogP contribution in [0.2, 0.25) is 0 Å². The normalized spacial score (nSPS) is 20.7. The molecule has 1 aliphatic heterocycles. The van der Waals surface area contributed by atoms with Crippen molar-refractivity contribution in [2.75, 3.05) is 35.0 Å². The molecule has 0 saturated carbocycles. The van der Waals surface area contributed by atoms with Crippen LogP contribution in [0, 0.1) is 0 Å². The number of rotatable bonds is 6. The van der Waals surface area contributed by atoms with Gasteiger partial charge in [-0.1, -0.05) is 0 Å². The Morgan fingerprint density at radius 3 is 2.04 bits per heavy atom. The molecule has 1 N–H and O–H groups in total.